The SMILES string of the molecule is CCC(C)n1cc(C=O)c(C(C)(C)c2ccc(F)cc2)n1. The van der Waals surface area contributed by atoms with E-state index in [0.717, 1.165) is 24.0 Å². The first kappa shape index (κ1) is 15.4. The van der Waals surface area contributed by atoms with Gasteiger partial charge in [-0.3, -0.25) is 9.48 Å². The largest absolute Gasteiger partial charge is 0.298 e. The molecule has 2 rings (SSSR count). The average Bonchev–Trinajstić information content (AvgIpc) is 2.92. The Morgan fingerprint density at radius 1 is 1.33 bits per heavy atom. The van der Waals surface area contributed by atoms with E-state index in [1.165, 1.54) is 12.1 Å². The number of carbonyl (C=O) groups is 1. The minimum atomic E-state index is -0.456. The molecule has 1 aromatic carbocycles. The highest BCUT2D eigenvalue weighted by Gasteiger charge is 2.29. The molecule has 0 N–H and O–H groups in total. The molecule has 0 aliphatic rings. The summed E-state index contributed by atoms with van der Waals surface area (Å²) in [5.41, 5.74) is 1.79. The van der Waals surface area contributed by atoms with E-state index in [9.17, 15) is 9.18 Å². The number of carbonyl (C=O) groups excluding carboxylic acids is 1. The number of aromatic nitrogens is 2. The van der Waals surface area contributed by atoms with Crippen LogP contribution in [-0.2, 0) is 5.41 Å². The Morgan fingerprint density at radius 2 is 1.95 bits per heavy atom. The quantitative estimate of drug-likeness (QED) is 0.775. The van der Waals surface area contributed by atoms with Crippen molar-refractivity contribution in [3.63, 3.8) is 0 Å². The summed E-state index contributed by atoms with van der Waals surface area (Å²) in [6.07, 6.45) is 3.57. The molecule has 0 spiro atoms. The zero-order valence-electron chi connectivity index (χ0n) is 12.9. The zero-order valence-corrected chi connectivity index (χ0v) is 12.9. The van der Waals surface area contributed by atoms with Crippen molar-refractivity contribution in [3.05, 3.63) is 53.1 Å². The lowest BCUT2D eigenvalue weighted by atomic mass is 9.80. The van der Waals surface area contributed by atoms with Crippen molar-refractivity contribution in [1.82, 2.24) is 9.78 Å². The van der Waals surface area contributed by atoms with E-state index in [1.54, 1.807) is 18.3 Å². The average molecular weight is 288 g/mol. The summed E-state index contributed by atoms with van der Waals surface area (Å²) in [5, 5.41) is 4.61. The maximum absolute atomic E-state index is 13.1. The molecule has 4 heteroatoms. The summed E-state index contributed by atoms with van der Waals surface area (Å²) < 4.78 is 14.9. The van der Waals surface area contributed by atoms with E-state index in [4.69, 9.17) is 0 Å². The van der Waals surface area contributed by atoms with E-state index in [-0.39, 0.29) is 11.9 Å². The van der Waals surface area contributed by atoms with Crippen LogP contribution in [0.2, 0.25) is 0 Å². The van der Waals surface area contributed by atoms with Gasteiger partial charge in [-0.25, -0.2) is 4.39 Å². The van der Waals surface area contributed by atoms with Gasteiger partial charge in [-0.05, 0) is 31.0 Å². The molecular formula is C17H21FN2O. The van der Waals surface area contributed by atoms with Crippen molar-refractivity contribution < 1.29 is 9.18 Å². The van der Waals surface area contributed by atoms with Crippen molar-refractivity contribution in [2.24, 2.45) is 0 Å². The van der Waals surface area contributed by atoms with Crippen molar-refractivity contribution in [2.45, 2.75) is 45.6 Å². The normalized spacial score (nSPS) is 13.2. The van der Waals surface area contributed by atoms with E-state index in [2.05, 4.69) is 18.9 Å². The Hall–Kier alpha value is -1.97. The van der Waals surface area contributed by atoms with Gasteiger partial charge in [0.15, 0.2) is 6.29 Å². The molecule has 0 amide bonds. The van der Waals surface area contributed by atoms with Crippen LogP contribution >= 0.6 is 0 Å². The maximum Gasteiger partial charge on any atom is 0.153 e. The summed E-state index contributed by atoms with van der Waals surface area (Å²) in [7, 11) is 0. The standard InChI is InChI=1S/C17H21FN2O/c1-5-12(2)20-10-13(11-21)16(19-20)17(3,4)14-6-8-15(18)9-7-14/h6-12H,5H2,1-4H3. The molecule has 21 heavy (non-hydrogen) atoms. The Morgan fingerprint density at radius 3 is 2.48 bits per heavy atom. The second kappa shape index (κ2) is 5.80. The van der Waals surface area contributed by atoms with Crippen LogP contribution in [0.15, 0.2) is 30.5 Å². The summed E-state index contributed by atoms with van der Waals surface area (Å²) >= 11 is 0. The van der Waals surface area contributed by atoms with Crippen LogP contribution in [0.5, 0.6) is 0 Å². The molecule has 1 unspecified atom stereocenters. The monoisotopic (exact) mass is 288 g/mol. The van der Waals surface area contributed by atoms with E-state index >= 15 is 0 Å². The molecule has 1 atom stereocenters. The Balaban J connectivity index is 2.50. The van der Waals surface area contributed by atoms with Crippen LogP contribution in [0, 0.1) is 5.82 Å². The highest BCUT2D eigenvalue weighted by atomic mass is 19.1. The molecule has 0 saturated carbocycles. The van der Waals surface area contributed by atoms with Gasteiger partial charge >= 0.3 is 0 Å². The fourth-order valence-corrected chi connectivity index (χ4v) is 2.39. The van der Waals surface area contributed by atoms with E-state index in [1.807, 2.05) is 18.5 Å². The molecular weight excluding hydrogens is 267 g/mol. The minimum absolute atomic E-state index is 0.237. The third kappa shape index (κ3) is 2.89. The van der Waals surface area contributed by atoms with Crippen molar-refractivity contribution in [1.29, 1.82) is 0 Å². The Labute approximate surface area is 124 Å². The van der Waals surface area contributed by atoms with Crippen LogP contribution in [0.4, 0.5) is 4.39 Å². The van der Waals surface area contributed by atoms with Gasteiger partial charge in [0.2, 0.25) is 0 Å². The van der Waals surface area contributed by atoms with Gasteiger partial charge in [-0.15, -0.1) is 0 Å². The number of hydrogen-bond donors (Lipinski definition) is 0. The molecule has 0 fully saturated rings. The highest BCUT2D eigenvalue weighted by molar-refractivity contribution is 5.77. The van der Waals surface area contributed by atoms with Crippen LogP contribution in [0.25, 0.3) is 0 Å². The van der Waals surface area contributed by atoms with E-state index in [0.29, 0.717) is 5.56 Å². The van der Waals surface area contributed by atoms with Crippen LogP contribution in [-0.4, -0.2) is 16.1 Å². The molecule has 2 aromatic rings. The fourth-order valence-electron chi connectivity index (χ4n) is 2.39. The molecule has 0 aliphatic carbocycles. The predicted molar refractivity (Wildman–Crippen MR) is 81.1 cm³/mol. The molecule has 112 valence electrons. The number of benzene rings is 1. The Bertz CT molecular complexity index is 629. The van der Waals surface area contributed by atoms with Crippen molar-refractivity contribution >= 4 is 6.29 Å². The topological polar surface area (TPSA) is 34.9 Å². The van der Waals surface area contributed by atoms with Gasteiger partial charge in [0.05, 0.1) is 11.3 Å². The first-order valence-corrected chi connectivity index (χ1v) is 7.21. The van der Waals surface area contributed by atoms with Gasteiger partial charge in [0.25, 0.3) is 0 Å². The second-order valence-electron chi connectivity index (χ2n) is 5.92. The number of aldehydes is 1. The molecule has 0 saturated heterocycles. The van der Waals surface area contributed by atoms with Crippen molar-refractivity contribution in [3.8, 4) is 0 Å². The predicted octanol–water partition coefficient (Wildman–Crippen LogP) is 4.13. The lowest BCUT2D eigenvalue weighted by Gasteiger charge is -2.24. The number of rotatable bonds is 5. The van der Waals surface area contributed by atoms with Gasteiger partial charge in [0.1, 0.15) is 5.82 Å². The summed E-state index contributed by atoms with van der Waals surface area (Å²) in [5.74, 6) is -0.268. The third-order valence-corrected chi connectivity index (χ3v) is 4.09. The van der Waals surface area contributed by atoms with Crippen molar-refractivity contribution in [2.75, 3.05) is 0 Å². The first-order chi connectivity index (χ1) is 9.90. The van der Waals surface area contributed by atoms with E-state index < -0.39 is 5.41 Å². The minimum Gasteiger partial charge on any atom is -0.298 e. The van der Waals surface area contributed by atoms with Crippen LogP contribution in [0.1, 0.15) is 61.8 Å². The molecule has 3 nitrogen and oxygen atoms in total. The van der Waals surface area contributed by atoms with Crippen LogP contribution < -0.4 is 0 Å². The highest BCUT2D eigenvalue weighted by Crippen LogP contribution is 2.32. The smallest absolute Gasteiger partial charge is 0.153 e. The molecule has 0 aliphatic heterocycles. The zero-order chi connectivity index (χ0) is 15.6. The number of nitrogens with zero attached hydrogens (tertiary/aromatic N) is 2. The maximum atomic E-state index is 13.1. The molecule has 0 bridgehead atoms. The lowest BCUT2D eigenvalue weighted by molar-refractivity contribution is 0.112. The summed E-state index contributed by atoms with van der Waals surface area (Å²) in [4.78, 5) is 11.4. The van der Waals surface area contributed by atoms with Gasteiger partial charge in [0, 0.05) is 17.7 Å². The van der Waals surface area contributed by atoms with Gasteiger partial charge in [-0.2, -0.15) is 5.10 Å². The second-order valence-corrected chi connectivity index (χ2v) is 5.92. The summed E-state index contributed by atoms with van der Waals surface area (Å²) in [6, 6.07) is 6.59. The number of hydrogen-bond acceptors (Lipinski definition) is 2. The number of halogens is 1. The lowest BCUT2D eigenvalue weighted by Crippen LogP contribution is -2.22. The first-order valence-electron chi connectivity index (χ1n) is 7.21. The fraction of sp³-hybridized carbons (Fsp3) is 0.412. The third-order valence-electron chi connectivity index (χ3n) is 4.09. The molecule has 1 aromatic heterocycles. The van der Waals surface area contributed by atoms with Gasteiger partial charge < -0.3 is 0 Å². The Kier molecular flexibility index (Phi) is 4.26. The summed E-state index contributed by atoms with van der Waals surface area (Å²) in [6.45, 7) is 8.14. The van der Waals surface area contributed by atoms with Crippen LogP contribution in [0.3, 0.4) is 0 Å². The molecule has 1 heterocycles. The molecule has 0 radical (unpaired) electrons. The van der Waals surface area contributed by atoms with Gasteiger partial charge in [-0.1, -0.05) is 32.9 Å².